The number of unbranched alkanes of at least 4 members (excludes halogenated alkanes) is 1. The minimum atomic E-state index is 0.196. The molecule has 164 valence electrons. The second-order valence-electron chi connectivity index (χ2n) is 8.83. The van der Waals surface area contributed by atoms with Crippen molar-refractivity contribution in [1.82, 2.24) is 0 Å². The van der Waals surface area contributed by atoms with E-state index in [1.54, 1.807) is 7.11 Å². The van der Waals surface area contributed by atoms with Crippen molar-refractivity contribution in [3.8, 4) is 5.75 Å². The van der Waals surface area contributed by atoms with E-state index in [0.29, 0.717) is 0 Å². The van der Waals surface area contributed by atoms with Crippen molar-refractivity contribution in [1.29, 1.82) is 0 Å². The van der Waals surface area contributed by atoms with Crippen LogP contribution in [0.4, 0.5) is 0 Å². The number of hydrogen-bond donors (Lipinski definition) is 0. The van der Waals surface area contributed by atoms with E-state index >= 15 is 0 Å². The lowest BCUT2D eigenvalue weighted by atomic mass is 9.86. The minimum Gasteiger partial charge on any atom is -0.497 e. The average molecular weight is 424 g/mol. The number of benzene rings is 2. The molecule has 0 amide bonds. The highest BCUT2D eigenvalue weighted by Gasteiger charge is 2.31. The first-order chi connectivity index (χ1) is 15.5. The fourth-order valence-corrected chi connectivity index (χ4v) is 4.64. The molecule has 0 bridgehead atoms. The predicted molar refractivity (Wildman–Crippen MR) is 136 cm³/mol. The van der Waals surface area contributed by atoms with Crippen molar-refractivity contribution in [2.45, 2.75) is 52.4 Å². The molecule has 4 rings (SSSR count). The standard InChI is InChI=1S/C30H33NO/c1-6-7-8-21(3)26-19-27(30(22(26)4)24-13-15-25(32-5)16-14-24)29-18-17-28(31-29)23-11-9-20(2)10-12-23/h9-16,18-19,30H,3,6-8,17H2,1-2,4-5H3. The van der Waals surface area contributed by atoms with Crippen LogP contribution >= 0.6 is 0 Å². The number of ether oxygens (including phenoxy) is 1. The first kappa shape index (κ1) is 22.1. The third-order valence-corrected chi connectivity index (χ3v) is 6.56. The van der Waals surface area contributed by atoms with Crippen molar-refractivity contribution in [3.63, 3.8) is 0 Å². The SMILES string of the molecule is C=C(CCCC)C1=C(C)C(c2ccc(OC)cc2)C(C2=CCC(c3ccc(C)cc3)=N2)=C1. The molecule has 0 fully saturated rings. The molecule has 1 unspecified atom stereocenters. The quantitative estimate of drug-likeness (QED) is 0.423. The van der Waals surface area contributed by atoms with Crippen molar-refractivity contribution >= 4 is 5.71 Å². The van der Waals surface area contributed by atoms with Crippen LogP contribution in [0, 0.1) is 6.92 Å². The topological polar surface area (TPSA) is 21.6 Å². The Morgan fingerprint density at radius 1 is 1.06 bits per heavy atom. The summed E-state index contributed by atoms with van der Waals surface area (Å²) in [7, 11) is 1.71. The molecule has 2 aromatic rings. The minimum absolute atomic E-state index is 0.196. The Kier molecular flexibility index (Phi) is 6.60. The van der Waals surface area contributed by atoms with E-state index in [-0.39, 0.29) is 5.92 Å². The Morgan fingerprint density at radius 2 is 1.78 bits per heavy atom. The Labute approximate surface area is 192 Å². The van der Waals surface area contributed by atoms with Gasteiger partial charge in [0.2, 0.25) is 0 Å². The summed E-state index contributed by atoms with van der Waals surface area (Å²) in [4.78, 5) is 5.10. The van der Waals surface area contributed by atoms with Gasteiger partial charge in [0.25, 0.3) is 0 Å². The van der Waals surface area contributed by atoms with Crippen molar-refractivity contribution < 1.29 is 4.74 Å². The lowest BCUT2D eigenvalue weighted by Crippen LogP contribution is -2.03. The molecule has 1 aliphatic heterocycles. The molecule has 2 aromatic carbocycles. The lowest BCUT2D eigenvalue weighted by molar-refractivity contribution is 0.414. The fourth-order valence-electron chi connectivity index (χ4n) is 4.64. The molecule has 2 heteroatoms. The van der Waals surface area contributed by atoms with Gasteiger partial charge in [0.1, 0.15) is 5.75 Å². The average Bonchev–Trinajstić information content (AvgIpc) is 3.43. The number of hydrogen-bond acceptors (Lipinski definition) is 2. The number of aryl methyl sites for hydroxylation is 1. The fraction of sp³-hybridized carbons (Fsp3) is 0.300. The van der Waals surface area contributed by atoms with E-state index in [0.717, 1.165) is 30.0 Å². The number of aliphatic imine (C=N–C) groups is 1. The zero-order valence-electron chi connectivity index (χ0n) is 19.7. The Bertz CT molecular complexity index is 1120. The summed E-state index contributed by atoms with van der Waals surface area (Å²) in [5.41, 5.74) is 11.2. The van der Waals surface area contributed by atoms with E-state index in [1.807, 2.05) is 12.1 Å². The molecule has 0 N–H and O–H groups in total. The van der Waals surface area contributed by atoms with Gasteiger partial charge in [0, 0.05) is 12.3 Å². The molecular formula is C30H33NO. The molecule has 0 saturated carbocycles. The summed E-state index contributed by atoms with van der Waals surface area (Å²) in [5.74, 6) is 1.08. The molecule has 1 aliphatic carbocycles. The molecule has 0 radical (unpaired) electrons. The van der Waals surface area contributed by atoms with Gasteiger partial charge >= 0.3 is 0 Å². The van der Waals surface area contributed by atoms with Crippen LogP contribution in [0.1, 0.15) is 62.1 Å². The number of rotatable bonds is 8. The second-order valence-corrected chi connectivity index (χ2v) is 8.83. The third kappa shape index (κ3) is 4.41. The van der Waals surface area contributed by atoms with Gasteiger partial charge in [0.15, 0.2) is 0 Å². The molecular weight excluding hydrogens is 390 g/mol. The highest BCUT2D eigenvalue weighted by molar-refractivity contribution is 6.04. The van der Waals surface area contributed by atoms with Crippen molar-refractivity contribution in [3.05, 3.63) is 112 Å². The highest BCUT2D eigenvalue weighted by Crippen LogP contribution is 2.46. The van der Waals surface area contributed by atoms with Crippen LogP contribution in [0.15, 0.2) is 100 Å². The first-order valence-corrected chi connectivity index (χ1v) is 11.6. The third-order valence-electron chi connectivity index (χ3n) is 6.56. The maximum absolute atomic E-state index is 5.39. The van der Waals surface area contributed by atoms with E-state index in [2.05, 4.69) is 75.9 Å². The van der Waals surface area contributed by atoms with Gasteiger partial charge in [0.05, 0.1) is 18.5 Å². The molecule has 2 nitrogen and oxygen atoms in total. The van der Waals surface area contributed by atoms with E-state index in [1.165, 1.54) is 51.8 Å². The number of allylic oxidation sites excluding steroid dienone is 6. The summed E-state index contributed by atoms with van der Waals surface area (Å²) in [6, 6.07) is 17.1. The van der Waals surface area contributed by atoms with Gasteiger partial charge in [-0.1, -0.05) is 73.5 Å². The maximum Gasteiger partial charge on any atom is 0.118 e. The van der Waals surface area contributed by atoms with E-state index < -0.39 is 0 Å². The highest BCUT2D eigenvalue weighted by atomic mass is 16.5. The van der Waals surface area contributed by atoms with Crippen LogP contribution in [0.3, 0.4) is 0 Å². The summed E-state index contributed by atoms with van der Waals surface area (Å²) in [6.07, 6.45) is 8.89. The predicted octanol–water partition coefficient (Wildman–Crippen LogP) is 7.87. The zero-order chi connectivity index (χ0) is 22.7. The Balaban J connectivity index is 1.70. The summed E-state index contributed by atoms with van der Waals surface area (Å²) >= 11 is 0. The van der Waals surface area contributed by atoms with E-state index in [9.17, 15) is 0 Å². The zero-order valence-corrected chi connectivity index (χ0v) is 19.7. The van der Waals surface area contributed by atoms with Crippen molar-refractivity contribution in [2.24, 2.45) is 4.99 Å². The maximum atomic E-state index is 5.39. The van der Waals surface area contributed by atoms with Crippen LogP contribution < -0.4 is 4.74 Å². The van der Waals surface area contributed by atoms with Gasteiger partial charge in [-0.3, -0.25) is 4.99 Å². The number of methoxy groups -OCH3 is 1. The largest absolute Gasteiger partial charge is 0.497 e. The summed E-state index contributed by atoms with van der Waals surface area (Å²) < 4.78 is 5.39. The molecule has 0 aromatic heterocycles. The van der Waals surface area contributed by atoms with Gasteiger partial charge in [-0.2, -0.15) is 0 Å². The first-order valence-electron chi connectivity index (χ1n) is 11.6. The molecule has 32 heavy (non-hydrogen) atoms. The Hall–Kier alpha value is -3.13. The van der Waals surface area contributed by atoms with E-state index in [4.69, 9.17) is 9.73 Å². The molecule has 0 spiro atoms. The lowest BCUT2D eigenvalue weighted by Gasteiger charge is -2.19. The Morgan fingerprint density at radius 3 is 2.44 bits per heavy atom. The van der Waals surface area contributed by atoms with Gasteiger partial charge in [-0.25, -0.2) is 0 Å². The van der Waals surface area contributed by atoms with Crippen LogP contribution in [0.25, 0.3) is 0 Å². The van der Waals surface area contributed by atoms with Crippen LogP contribution in [0.2, 0.25) is 0 Å². The van der Waals surface area contributed by atoms with Crippen LogP contribution in [0.5, 0.6) is 5.75 Å². The molecule has 0 saturated heterocycles. The van der Waals surface area contributed by atoms with Crippen LogP contribution in [-0.4, -0.2) is 12.8 Å². The van der Waals surface area contributed by atoms with Gasteiger partial charge < -0.3 is 4.74 Å². The normalized spacial score (nSPS) is 17.9. The molecule has 1 heterocycles. The van der Waals surface area contributed by atoms with Crippen molar-refractivity contribution in [2.75, 3.05) is 7.11 Å². The summed E-state index contributed by atoms with van der Waals surface area (Å²) in [5, 5.41) is 0. The molecule has 2 aliphatic rings. The monoisotopic (exact) mass is 423 g/mol. The summed E-state index contributed by atoms with van der Waals surface area (Å²) in [6.45, 7) is 11.0. The van der Waals surface area contributed by atoms with Gasteiger partial charge in [-0.15, -0.1) is 0 Å². The van der Waals surface area contributed by atoms with Crippen LogP contribution in [-0.2, 0) is 0 Å². The second kappa shape index (κ2) is 9.56. The molecule has 1 atom stereocenters. The van der Waals surface area contributed by atoms with Gasteiger partial charge in [-0.05, 0) is 72.7 Å². The smallest absolute Gasteiger partial charge is 0.118 e. The number of nitrogens with zero attached hydrogens (tertiary/aromatic N) is 1.